The molecule has 0 bridgehead atoms. The average Bonchev–Trinajstić information content (AvgIpc) is 2.99. The van der Waals surface area contributed by atoms with Crippen molar-refractivity contribution in [1.29, 1.82) is 0 Å². The molecule has 0 unspecified atom stereocenters. The fourth-order valence-electron chi connectivity index (χ4n) is 2.39. The monoisotopic (exact) mass is 351 g/mol. The van der Waals surface area contributed by atoms with Crippen LogP contribution in [0.3, 0.4) is 0 Å². The van der Waals surface area contributed by atoms with Crippen molar-refractivity contribution in [2.24, 2.45) is 0 Å². The van der Waals surface area contributed by atoms with E-state index < -0.39 is 12.0 Å². The quantitative estimate of drug-likeness (QED) is 0.760. The first kappa shape index (κ1) is 17.0. The van der Waals surface area contributed by atoms with Crippen molar-refractivity contribution in [1.82, 2.24) is 19.5 Å². The van der Waals surface area contributed by atoms with Gasteiger partial charge < -0.3 is 10.1 Å². The predicted molar refractivity (Wildman–Crippen MR) is 87.0 cm³/mol. The van der Waals surface area contributed by atoms with Gasteiger partial charge in [0.2, 0.25) is 5.82 Å². The first-order valence-corrected chi connectivity index (χ1v) is 7.64. The molecule has 0 fully saturated rings. The lowest BCUT2D eigenvalue weighted by atomic mass is 10.3. The number of halogens is 3. The second-order valence-electron chi connectivity index (χ2n) is 5.31. The zero-order valence-corrected chi connectivity index (χ0v) is 13.6. The standard InChI is InChI=1S/C16H16F3N5O/c1-3-6-20-13-8-22-14(9-21-13)24-12-5-4-10(25-2)7-11(12)23-15(24)16(17,18)19/h4-5,7-9H,3,6H2,1-2H3,(H,20,21). The molecule has 0 saturated carbocycles. The summed E-state index contributed by atoms with van der Waals surface area (Å²) in [6.07, 6.45) is -1.04. The minimum atomic E-state index is -4.63. The van der Waals surface area contributed by atoms with Gasteiger partial charge in [-0.3, -0.25) is 4.57 Å². The van der Waals surface area contributed by atoms with Crippen LogP contribution in [0.4, 0.5) is 19.0 Å². The number of aromatic nitrogens is 4. The van der Waals surface area contributed by atoms with Gasteiger partial charge >= 0.3 is 6.18 Å². The Morgan fingerprint density at radius 3 is 2.60 bits per heavy atom. The lowest BCUT2D eigenvalue weighted by Crippen LogP contribution is -2.15. The number of nitrogens with one attached hydrogen (secondary N) is 1. The number of nitrogens with zero attached hydrogens (tertiary/aromatic N) is 4. The Bertz CT molecular complexity index is 874. The Hall–Kier alpha value is -2.84. The topological polar surface area (TPSA) is 64.9 Å². The molecule has 2 aromatic heterocycles. The molecule has 132 valence electrons. The molecule has 1 aromatic carbocycles. The Morgan fingerprint density at radius 2 is 2.00 bits per heavy atom. The second kappa shape index (κ2) is 6.58. The van der Waals surface area contributed by atoms with Gasteiger partial charge in [-0.15, -0.1) is 0 Å². The minimum Gasteiger partial charge on any atom is -0.497 e. The van der Waals surface area contributed by atoms with Crippen LogP contribution in [0, 0.1) is 0 Å². The molecule has 0 radical (unpaired) electrons. The van der Waals surface area contributed by atoms with E-state index in [1.54, 1.807) is 6.07 Å². The van der Waals surface area contributed by atoms with Gasteiger partial charge in [0.25, 0.3) is 0 Å². The molecule has 0 amide bonds. The highest BCUT2D eigenvalue weighted by Crippen LogP contribution is 2.34. The number of ether oxygens (including phenoxy) is 1. The van der Waals surface area contributed by atoms with Crippen molar-refractivity contribution < 1.29 is 17.9 Å². The third-order valence-corrected chi connectivity index (χ3v) is 3.54. The Morgan fingerprint density at radius 1 is 1.20 bits per heavy atom. The summed E-state index contributed by atoms with van der Waals surface area (Å²) in [5, 5.41) is 3.03. The van der Waals surface area contributed by atoms with E-state index in [2.05, 4.69) is 20.3 Å². The summed E-state index contributed by atoms with van der Waals surface area (Å²) in [6, 6.07) is 4.54. The second-order valence-corrected chi connectivity index (χ2v) is 5.31. The molecule has 0 saturated heterocycles. The first-order valence-electron chi connectivity index (χ1n) is 7.64. The van der Waals surface area contributed by atoms with Gasteiger partial charge in [-0.2, -0.15) is 13.2 Å². The Labute approximate surface area is 141 Å². The van der Waals surface area contributed by atoms with Crippen LogP contribution in [0.5, 0.6) is 5.75 Å². The number of alkyl halides is 3. The molecule has 0 aliphatic heterocycles. The van der Waals surface area contributed by atoms with E-state index in [0.29, 0.717) is 18.1 Å². The summed E-state index contributed by atoms with van der Waals surface area (Å²) in [5.41, 5.74) is 0.443. The molecule has 6 nitrogen and oxygen atoms in total. The molecule has 3 aromatic rings. The normalized spacial score (nSPS) is 11.7. The summed E-state index contributed by atoms with van der Waals surface area (Å²) in [6.45, 7) is 2.70. The number of imidazole rings is 1. The van der Waals surface area contributed by atoms with Crippen LogP contribution in [0.15, 0.2) is 30.6 Å². The van der Waals surface area contributed by atoms with E-state index >= 15 is 0 Å². The zero-order valence-electron chi connectivity index (χ0n) is 13.6. The Kier molecular flexibility index (Phi) is 4.47. The Balaban J connectivity index is 2.13. The molecule has 0 atom stereocenters. The van der Waals surface area contributed by atoms with Crippen molar-refractivity contribution >= 4 is 16.9 Å². The molecular formula is C16H16F3N5O. The maximum Gasteiger partial charge on any atom is 0.450 e. The van der Waals surface area contributed by atoms with Gasteiger partial charge in [-0.25, -0.2) is 15.0 Å². The van der Waals surface area contributed by atoms with Crippen molar-refractivity contribution in [3.05, 3.63) is 36.4 Å². The van der Waals surface area contributed by atoms with Crippen LogP contribution in [0.2, 0.25) is 0 Å². The highest BCUT2D eigenvalue weighted by molar-refractivity contribution is 5.79. The van der Waals surface area contributed by atoms with E-state index in [1.165, 1.54) is 31.6 Å². The average molecular weight is 351 g/mol. The fraction of sp³-hybridized carbons (Fsp3) is 0.312. The molecular weight excluding hydrogens is 335 g/mol. The molecule has 3 rings (SSSR count). The van der Waals surface area contributed by atoms with E-state index in [0.717, 1.165) is 11.0 Å². The third-order valence-electron chi connectivity index (χ3n) is 3.54. The summed E-state index contributed by atoms with van der Waals surface area (Å²) < 4.78 is 46.3. The number of hydrogen-bond donors (Lipinski definition) is 1. The lowest BCUT2D eigenvalue weighted by molar-refractivity contribution is -0.145. The van der Waals surface area contributed by atoms with Gasteiger partial charge in [-0.1, -0.05) is 6.92 Å². The smallest absolute Gasteiger partial charge is 0.450 e. The van der Waals surface area contributed by atoms with E-state index in [-0.39, 0.29) is 16.9 Å². The van der Waals surface area contributed by atoms with E-state index in [4.69, 9.17) is 4.74 Å². The van der Waals surface area contributed by atoms with Crippen molar-refractivity contribution in [3.63, 3.8) is 0 Å². The molecule has 1 N–H and O–H groups in total. The van der Waals surface area contributed by atoms with Crippen molar-refractivity contribution in [2.45, 2.75) is 19.5 Å². The van der Waals surface area contributed by atoms with Crippen LogP contribution in [0.1, 0.15) is 19.2 Å². The van der Waals surface area contributed by atoms with Crippen LogP contribution >= 0.6 is 0 Å². The number of hydrogen-bond acceptors (Lipinski definition) is 5. The van der Waals surface area contributed by atoms with Crippen LogP contribution in [0.25, 0.3) is 16.9 Å². The SMILES string of the molecule is CCCNc1cnc(-n2c(C(F)(F)F)nc3cc(OC)ccc32)cn1. The fourth-order valence-corrected chi connectivity index (χ4v) is 2.39. The summed E-state index contributed by atoms with van der Waals surface area (Å²) in [7, 11) is 1.44. The van der Waals surface area contributed by atoms with Gasteiger partial charge in [0, 0.05) is 12.6 Å². The van der Waals surface area contributed by atoms with Crippen molar-refractivity contribution in [3.8, 4) is 11.6 Å². The minimum absolute atomic E-state index is 0.0436. The molecule has 0 aliphatic rings. The number of methoxy groups -OCH3 is 1. The molecule has 9 heteroatoms. The number of rotatable bonds is 5. The summed E-state index contributed by atoms with van der Waals surface area (Å²) in [5.74, 6) is -0.0809. The summed E-state index contributed by atoms with van der Waals surface area (Å²) in [4.78, 5) is 11.9. The van der Waals surface area contributed by atoms with Crippen LogP contribution in [-0.4, -0.2) is 33.2 Å². The van der Waals surface area contributed by atoms with E-state index in [1.807, 2.05) is 6.92 Å². The number of fused-ring (bicyclic) bond motifs is 1. The molecule has 0 spiro atoms. The van der Waals surface area contributed by atoms with Gasteiger partial charge in [-0.05, 0) is 18.6 Å². The zero-order chi connectivity index (χ0) is 18.0. The first-order chi connectivity index (χ1) is 11.9. The maximum atomic E-state index is 13.4. The maximum absolute atomic E-state index is 13.4. The molecule has 0 aliphatic carbocycles. The largest absolute Gasteiger partial charge is 0.497 e. The van der Waals surface area contributed by atoms with E-state index in [9.17, 15) is 13.2 Å². The molecule has 25 heavy (non-hydrogen) atoms. The predicted octanol–water partition coefficient (Wildman–Crippen LogP) is 3.66. The van der Waals surface area contributed by atoms with Gasteiger partial charge in [0.05, 0.1) is 30.5 Å². The van der Waals surface area contributed by atoms with Gasteiger partial charge in [0.15, 0.2) is 5.82 Å². The van der Waals surface area contributed by atoms with Crippen LogP contribution < -0.4 is 10.1 Å². The van der Waals surface area contributed by atoms with Crippen LogP contribution in [-0.2, 0) is 6.18 Å². The summed E-state index contributed by atoms with van der Waals surface area (Å²) >= 11 is 0. The lowest BCUT2D eigenvalue weighted by Gasteiger charge is -2.11. The number of anilines is 1. The number of benzene rings is 1. The van der Waals surface area contributed by atoms with Crippen molar-refractivity contribution in [2.75, 3.05) is 19.0 Å². The highest BCUT2D eigenvalue weighted by atomic mass is 19.4. The third kappa shape index (κ3) is 3.35. The van der Waals surface area contributed by atoms with Gasteiger partial charge in [0.1, 0.15) is 11.6 Å². The molecule has 2 heterocycles. The highest BCUT2D eigenvalue weighted by Gasteiger charge is 2.38.